The number of carbonyl (C=O) groups excluding carboxylic acids is 1. The Labute approximate surface area is 144 Å². The number of anilines is 1. The van der Waals surface area contributed by atoms with Gasteiger partial charge in [0.25, 0.3) is 5.91 Å². The molecule has 6 nitrogen and oxygen atoms in total. The molecule has 2 heterocycles. The molecule has 24 heavy (non-hydrogen) atoms. The van der Waals surface area contributed by atoms with Crippen molar-refractivity contribution in [2.45, 2.75) is 0 Å². The molecule has 1 aliphatic heterocycles. The molecule has 0 atom stereocenters. The van der Waals surface area contributed by atoms with Gasteiger partial charge in [0, 0.05) is 23.7 Å². The summed E-state index contributed by atoms with van der Waals surface area (Å²) in [6.45, 7) is 0.788. The standard InChI is InChI=1S/C16H17N3O3S2/c20-16(18-17-12-13-4-3-9-23-13)14-5-1-2-6-15(14)19-7-10-24(21,22)11-8-19/h1-6,9,12H,7-8,10-11H2,(H,18,20)/b17-12+. The molecule has 8 heteroatoms. The second-order valence-corrected chi connectivity index (χ2v) is 8.65. The maximum atomic E-state index is 12.4. The largest absolute Gasteiger partial charge is 0.369 e. The summed E-state index contributed by atoms with van der Waals surface area (Å²) in [5.74, 6) is -0.0919. The van der Waals surface area contributed by atoms with Gasteiger partial charge < -0.3 is 4.90 Å². The lowest BCUT2D eigenvalue weighted by molar-refractivity contribution is 0.0955. The summed E-state index contributed by atoms with van der Waals surface area (Å²) in [5.41, 5.74) is 3.74. The zero-order valence-corrected chi connectivity index (χ0v) is 14.5. The molecular weight excluding hydrogens is 346 g/mol. The number of amides is 1. The van der Waals surface area contributed by atoms with E-state index in [0.29, 0.717) is 18.7 Å². The molecule has 3 rings (SSSR count). The van der Waals surface area contributed by atoms with Gasteiger partial charge in [0.15, 0.2) is 9.84 Å². The minimum absolute atomic E-state index is 0.111. The van der Waals surface area contributed by atoms with E-state index < -0.39 is 9.84 Å². The molecule has 1 aliphatic rings. The van der Waals surface area contributed by atoms with Gasteiger partial charge in [-0.15, -0.1) is 11.3 Å². The quantitative estimate of drug-likeness (QED) is 0.663. The van der Waals surface area contributed by atoms with Crippen molar-refractivity contribution in [3.63, 3.8) is 0 Å². The number of hydrogen-bond donors (Lipinski definition) is 1. The molecule has 0 aliphatic carbocycles. The van der Waals surface area contributed by atoms with Crippen molar-refractivity contribution < 1.29 is 13.2 Å². The normalized spacial score (nSPS) is 17.1. The van der Waals surface area contributed by atoms with Gasteiger partial charge in [0.05, 0.1) is 23.3 Å². The zero-order valence-electron chi connectivity index (χ0n) is 12.9. The summed E-state index contributed by atoms with van der Waals surface area (Å²) in [6, 6.07) is 11.0. The number of benzene rings is 1. The Balaban J connectivity index is 1.73. The summed E-state index contributed by atoms with van der Waals surface area (Å²) >= 11 is 1.53. The number of carbonyl (C=O) groups is 1. The molecule has 0 bridgehead atoms. The smallest absolute Gasteiger partial charge is 0.273 e. The Morgan fingerprint density at radius 1 is 1.17 bits per heavy atom. The number of rotatable bonds is 4. The Morgan fingerprint density at radius 3 is 2.62 bits per heavy atom. The van der Waals surface area contributed by atoms with Gasteiger partial charge in [-0.25, -0.2) is 13.8 Å². The Kier molecular flexibility index (Phi) is 4.96. The number of nitrogens with one attached hydrogen (secondary N) is 1. The maximum absolute atomic E-state index is 12.4. The van der Waals surface area contributed by atoms with Gasteiger partial charge in [0.1, 0.15) is 0 Å². The lowest BCUT2D eigenvalue weighted by atomic mass is 10.1. The fourth-order valence-electron chi connectivity index (χ4n) is 2.47. The number of hydrogen-bond acceptors (Lipinski definition) is 6. The minimum atomic E-state index is -2.96. The van der Waals surface area contributed by atoms with E-state index in [-0.39, 0.29) is 17.4 Å². The Hall–Kier alpha value is -2.19. The van der Waals surface area contributed by atoms with Crippen LogP contribution in [0.5, 0.6) is 0 Å². The van der Waals surface area contributed by atoms with Gasteiger partial charge in [-0.2, -0.15) is 5.10 Å². The first-order valence-electron chi connectivity index (χ1n) is 7.46. The summed E-state index contributed by atoms with van der Waals surface area (Å²) < 4.78 is 23.2. The van der Waals surface area contributed by atoms with Crippen LogP contribution < -0.4 is 10.3 Å². The van der Waals surface area contributed by atoms with E-state index >= 15 is 0 Å². The minimum Gasteiger partial charge on any atom is -0.369 e. The van der Waals surface area contributed by atoms with Crippen molar-refractivity contribution >= 4 is 39.0 Å². The molecule has 2 aromatic rings. The van der Waals surface area contributed by atoms with Gasteiger partial charge in [0.2, 0.25) is 0 Å². The molecular formula is C16H17N3O3S2. The first-order valence-corrected chi connectivity index (χ1v) is 10.2. The molecule has 0 saturated carbocycles. The second-order valence-electron chi connectivity index (χ2n) is 5.37. The molecule has 0 spiro atoms. The number of para-hydroxylation sites is 1. The van der Waals surface area contributed by atoms with E-state index in [1.807, 2.05) is 34.5 Å². The van der Waals surface area contributed by atoms with E-state index in [1.54, 1.807) is 18.3 Å². The molecule has 1 N–H and O–H groups in total. The highest BCUT2D eigenvalue weighted by Crippen LogP contribution is 2.22. The summed E-state index contributed by atoms with van der Waals surface area (Å²) in [7, 11) is -2.96. The predicted octanol–water partition coefficient (Wildman–Crippen LogP) is 1.75. The first kappa shape index (κ1) is 16.7. The van der Waals surface area contributed by atoms with E-state index in [4.69, 9.17) is 0 Å². The van der Waals surface area contributed by atoms with Crippen LogP contribution in [0.3, 0.4) is 0 Å². The highest BCUT2D eigenvalue weighted by Gasteiger charge is 2.24. The number of thiophene rings is 1. The van der Waals surface area contributed by atoms with Gasteiger partial charge in [-0.1, -0.05) is 18.2 Å². The second kappa shape index (κ2) is 7.14. The van der Waals surface area contributed by atoms with Crippen molar-refractivity contribution in [1.29, 1.82) is 0 Å². The number of nitrogens with zero attached hydrogens (tertiary/aromatic N) is 2. The Morgan fingerprint density at radius 2 is 1.92 bits per heavy atom. The molecule has 1 amide bonds. The molecule has 1 saturated heterocycles. The highest BCUT2D eigenvalue weighted by atomic mass is 32.2. The molecule has 1 aromatic carbocycles. The van der Waals surface area contributed by atoms with Crippen LogP contribution in [-0.4, -0.2) is 45.1 Å². The SMILES string of the molecule is O=C(N/N=C/c1cccs1)c1ccccc1N1CCS(=O)(=O)CC1. The van der Waals surface area contributed by atoms with Crippen molar-refractivity contribution in [3.05, 3.63) is 52.2 Å². The Bertz CT molecular complexity index is 831. The van der Waals surface area contributed by atoms with Crippen LogP contribution in [0.4, 0.5) is 5.69 Å². The third-order valence-electron chi connectivity index (χ3n) is 3.73. The molecule has 0 unspecified atom stereocenters. The third-order valence-corrected chi connectivity index (χ3v) is 6.15. The summed E-state index contributed by atoms with van der Waals surface area (Å²) in [4.78, 5) is 15.3. The summed E-state index contributed by atoms with van der Waals surface area (Å²) in [6.07, 6.45) is 1.60. The van der Waals surface area contributed by atoms with E-state index in [9.17, 15) is 13.2 Å². The van der Waals surface area contributed by atoms with Crippen LogP contribution >= 0.6 is 11.3 Å². The van der Waals surface area contributed by atoms with E-state index in [1.165, 1.54) is 11.3 Å². The van der Waals surface area contributed by atoms with Gasteiger partial charge in [-0.3, -0.25) is 4.79 Å². The van der Waals surface area contributed by atoms with Crippen LogP contribution in [0.2, 0.25) is 0 Å². The monoisotopic (exact) mass is 363 g/mol. The molecule has 1 fully saturated rings. The fraction of sp³-hybridized carbons (Fsp3) is 0.250. The third kappa shape index (κ3) is 4.01. The predicted molar refractivity (Wildman–Crippen MR) is 96.7 cm³/mol. The topological polar surface area (TPSA) is 78.8 Å². The maximum Gasteiger partial charge on any atom is 0.273 e. The van der Waals surface area contributed by atoms with Crippen LogP contribution in [0.15, 0.2) is 46.9 Å². The van der Waals surface area contributed by atoms with Crippen molar-refractivity contribution in [3.8, 4) is 0 Å². The van der Waals surface area contributed by atoms with Crippen molar-refractivity contribution in [1.82, 2.24) is 5.43 Å². The average Bonchev–Trinajstić information content (AvgIpc) is 3.08. The van der Waals surface area contributed by atoms with Crippen LogP contribution in [0, 0.1) is 0 Å². The number of hydrazone groups is 1. The van der Waals surface area contributed by atoms with Crippen LogP contribution in [0.1, 0.15) is 15.2 Å². The van der Waals surface area contributed by atoms with E-state index in [0.717, 1.165) is 10.6 Å². The lowest BCUT2D eigenvalue weighted by Gasteiger charge is -2.30. The molecule has 126 valence electrons. The highest BCUT2D eigenvalue weighted by molar-refractivity contribution is 7.91. The van der Waals surface area contributed by atoms with E-state index in [2.05, 4.69) is 10.5 Å². The fourth-order valence-corrected chi connectivity index (χ4v) is 4.26. The van der Waals surface area contributed by atoms with Gasteiger partial charge in [-0.05, 0) is 23.6 Å². The van der Waals surface area contributed by atoms with Crippen molar-refractivity contribution in [2.75, 3.05) is 29.5 Å². The zero-order chi connectivity index (χ0) is 17.0. The van der Waals surface area contributed by atoms with Crippen molar-refractivity contribution in [2.24, 2.45) is 5.10 Å². The van der Waals surface area contributed by atoms with Crippen LogP contribution in [-0.2, 0) is 9.84 Å². The molecule has 0 radical (unpaired) electrons. The van der Waals surface area contributed by atoms with Gasteiger partial charge >= 0.3 is 0 Å². The number of sulfone groups is 1. The summed E-state index contributed by atoms with van der Waals surface area (Å²) in [5, 5.41) is 5.90. The first-order chi connectivity index (χ1) is 11.6. The lowest BCUT2D eigenvalue weighted by Crippen LogP contribution is -2.41. The van der Waals surface area contributed by atoms with Crippen LogP contribution in [0.25, 0.3) is 0 Å². The molecule has 1 aromatic heterocycles. The average molecular weight is 363 g/mol.